The second-order valence-electron chi connectivity index (χ2n) is 7.68. The van der Waals surface area contributed by atoms with E-state index in [0.717, 1.165) is 5.69 Å². The molecule has 0 unspecified atom stereocenters. The summed E-state index contributed by atoms with van der Waals surface area (Å²) in [7, 11) is 0. The number of carbonyl (C=O) groups excluding carboxylic acids is 1. The average Bonchev–Trinajstić information content (AvgIpc) is 3.25. The van der Waals surface area contributed by atoms with Crippen LogP contribution in [0.25, 0.3) is 21.9 Å². The molecule has 0 saturated heterocycles. The molecule has 0 fully saturated rings. The summed E-state index contributed by atoms with van der Waals surface area (Å²) in [6.07, 6.45) is 0.0886. The predicted molar refractivity (Wildman–Crippen MR) is 118 cm³/mol. The molecule has 1 N–H and O–H groups in total. The van der Waals surface area contributed by atoms with E-state index in [1.807, 2.05) is 20.8 Å². The first kappa shape index (κ1) is 20.9. The number of fused-ring (bicyclic) bond motifs is 1. The van der Waals surface area contributed by atoms with Crippen LogP contribution in [0.3, 0.4) is 0 Å². The molecular formula is C22H22FN5O2S. The number of benzene rings is 1. The zero-order valence-corrected chi connectivity index (χ0v) is 18.5. The maximum absolute atomic E-state index is 13.4. The van der Waals surface area contributed by atoms with Crippen molar-refractivity contribution in [3.05, 3.63) is 69.0 Å². The Bertz CT molecular complexity index is 1330. The molecule has 3 heterocycles. The van der Waals surface area contributed by atoms with E-state index in [-0.39, 0.29) is 29.7 Å². The van der Waals surface area contributed by atoms with Crippen molar-refractivity contribution in [2.45, 2.75) is 40.2 Å². The molecule has 4 aromatic rings. The van der Waals surface area contributed by atoms with Crippen molar-refractivity contribution in [3.8, 4) is 16.9 Å². The number of aromatic nitrogens is 4. The van der Waals surface area contributed by atoms with Crippen LogP contribution >= 0.6 is 11.3 Å². The Hall–Kier alpha value is -3.33. The molecule has 4 rings (SSSR count). The third kappa shape index (κ3) is 4.00. The van der Waals surface area contributed by atoms with E-state index in [1.165, 1.54) is 27.9 Å². The van der Waals surface area contributed by atoms with Crippen LogP contribution < -0.4 is 10.9 Å². The van der Waals surface area contributed by atoms with E-state index in [1.54, 1.807) is 35.2 Å². The van der Waals surface area contributed by atoms with Crippen LogP contribution in [-0.2, 0) is 11.2 Å². The third-order valence-electron chi connectivity index (χ3n) is 4.83. The van der Waals surface area contributed by atoms with Gasteiger partial charge >= 0.3 is 0 Å². The van der Waals surface area contributed by atoms with E-state index < -0.39 is 0 Å². The van der Waals surface area contributed by atoms with Gasteiger partial charge in [-0.25, -0.2) is 14.1 Å². The number of nitrogens with zero attached hydrogens (tertiary/aromatic N) is 4. The van der Waals surface area contributed by atoms with Crippen molar-refractivity contribution in [1.82, 2.24) is 24.5 Å². The highest BCUT2D eigenvalue weighted by molar-refractivity contribution is 7.15. The maximum atomic E-state index is 13.4. The summed E-state index contributed by atoms with van der Waals surface area (Å²) in [6.45, 7) is 7.41. The first-order valence-electron chi connectivity index (χ1n) is 9.86. The quantitative estimate of drug-likeness (QED) is 0.517. The summed E-state index contributed by atoms with van der Waals surface area (Å²) >= 11 is 1.32. The Morgan fingerprint density at radius 2 is 1.94 bits per heavy atom. The lowest BCUT2D eigenvalue weighted by Crippen LogP contribution is -2.32. The molecule has 0 saturated carbocycles. The van der Waals surface area contributed by atoms with Gasteiger partial charge in [0.1, 0.15) is 11.5 Å². The molecule has 0 bridgehead atoms. The molecule has 160 valence electrons. The van der Waals surface area contributed by atoms with Crippen LogP contribution in [0.4, 0.5) is 4.39 Å². The predicted octanol–water partition coefficient (Wildman–Crippen LogP) is 3.43. The van der Waals surface area contributed by atoms with Gasteiger partial charge in [0.05, 0.1) is 23.4 Å². The Morgan fingerprint density at radius 3 is 2.61 bits per heavy atom. The van der Waals surface area contributed by atoms with Crippen molar-refractivity contribution in [2.24, 2.45) is 0 Å². The van der Waals surface area contributed by atoms with Gasteiger partial charge in [0.15, 0.2) is 4.96 Å². The van der Waals surface area contributed by atoms with Gasteiger partial charge in [0.25, 0.3) is 5.56 Å². The molecule has 31 heavy (non-hydrogen) atoms. The van der Waals surface area contributed by atoms with Crippen molar-refractivity contribution in [3.63, 3.8) is 0 Å². The number of aryl methyl sites for hydroxylation is 2. The summed E-state index contributed by atoms with van der Waals surface area (Å²) in [5.41, 5.74) is 3.24. The van der Waals surface area contributed by atoms with Crippen LogP contribution in [0.1, 0.15) is 30.9 Å². The van der Waals surface area contributed by atoms with Crippen LogP contribution in [0, 0.1) is 19.7 Å². The minimum Gasteiger partial charge on any atom is -0.354 e. The van der Waals surface area contributed by atoms with Crippen molar-refractivity contribution < 1.29 is 9.18 Å². The molecule has 7 nitrogen and oxygen atoms in total. The van der Waals surface area contributed by atoms with Crippen molar-refractivity contribution in [1.29, 1.82) is 0 Å². The van der Waals surface area contributed by atoms with E-state index >= 15 is 0 Å². The standard InChI is InChI=1S/C22H22FN5O2S/c1-12(2)24-19(29)10-17-11-31-22-25-14(4)20(21(30)27(17)22)18-9-13(3)28(26-18)16-7-5-15(23)6-8-16/h5-9,11-12H,10H2,1-4H3,(H,24,29). The van der Waals surface area contributed by atoms with Gasteiger partial charge < -0.3 is 5.32 Å². The minimum absolute atomic E-state index is 0.0171. The normalized spacial score (nSPS) is 11.4. The van der Waals surface area contributed by atoms with Gasteiger partial charge in [-0.15, -0.1) is 11.3 Å². The second-order valence-corrected chi connectivity index (χ2v) is 8.52. The van der Waals surface area contributed by atoms with E-state index in [4.69, 9.17) is 0 Å². The number of rotatable bonds is 5. The number of hydrogen-bond donors (Lipinski definition) is 1. The Morgan fingerprint density at radius 1 is 1.23 bits per heavy atom. The Kier molecular flexibility index (Phi) is 5.45. The lowest BCUT2D eigenvalue weighted by molar-refractivity contribution is -0.120. The molecular weight excluding hydrogens is 417 g/mol. The van der Waals surface area contributed by atoms with Gasteiger partial charge in [-0.1, -0.05) is 0 Å². The molecule has 1 amide bonds. The fourth-order valence-corrected chi connectivity index (χ4v) is 4.43. The third-order valence-corrected chi connectivity index (χ3v) is 5.70. The fourth-order valence-electron chi connectivity index (χ4n) is 3.50. The van der Waals surface area contributed by atoms with Gasteiger partial charge in [0, 0.05) is 22.8 Å². The molecule has 0 aliphatic rings. The van der Waals surface area contributed by atoms with E-state index in [2.05, 4.69) is 15.4 Å². The molecule has 0 spiro atoms. The zero-order chi connectivity index (χ0) is 22.3. The number of thiazole rings is 1. The summed E-state index contributed by atoms with van der Waals surface area (Å²) in [5.74, 6) is -0.482. The molecule has 0 radical (unpaired) electrons. The molecule has 9 heteroatoms. The Labute approximate surface area is 182 Å². The van der Waals surface area contributed by atoms with Crippen LogP contribution in [-0.4, -0.2) is 31.1 Å². The topological polar surface area (TPSA) is 81.3 Å². The number of hydrogen-bond acceptors (Lipinski definition) is 5. The monoisotopic (exact) mass is 439 g/mol. The van der Waals surface area contributed by atoms with Gasteiger partial charge in [0.2, 0.25) is 5.91 Å². The number of halogens is 1. The summed E-state index contributed by atoms with van der Waals surface area (Å²) < 4.78 is 16.4. The fraction of sp³-hybridized carbons (Fsp3) is 0.273. The second kappa shape index (κ2) is 8.07. The molecule has 0 aliphatic carbocycles. The highest BCUT2D eigenvalue weighted by Crippen LogP contribution is 2.23. The summed E-state index contributed by atoms with van der Waals surface area (Å²) in [5, 5.41) is 9.22. The summed E-state index contributed by atoms with van der Waals surface area (Å²) in [6, 6.07) is 7.81. The number of nitrogens with one attached hydrogen (secondary N) is 1. The summed E-state index contributed by atoms with van der Waals surface area (Å²) in [4.78, 5) is 30.8. The molecule has 0 atom stereocenters. The smallest absolute Gasteiger partial charge is 0.268 e. The first-order valence-corrected chi connectivity index (χ1v) is 10.7. The number of carbonyl (C=O) groups is 1. The highest BCUT2D eigenvalue weighted by Gasteiger charge is 2.20. The van der Waals surface area contributed by atoms with Crippen LogP contribution in [0.15, 0.2) is 40.5 Å². The van der Waals surface area contributed by atoms with Crippen LogP contribution in [0.5, 0.6) is 0 Å². The highest BCUT2D eigenvalue weighted by atomic mass is 32.1. The van der Waals surface area contributed by atoms with Crippen molar-refractivity contribution >= 4 is 22.2 Å². The average molecular weight is 440 g/mol. The van der Waals surface area contributed by atoms with E-state index in [0.29, 0.717) is 33.3 Å². The van der Waals surface area contributed by atoms with Crippen LogP contribution in [0.2, 0.25) is 0 Å². The maximum Gasteiger partial charge on any atom is 0.268 e. The lowest BCUT2D eigenvalue weighted by Gasteiger charge is -2.09. The lowest BCUT2D eigenvalue weighted by atomic mass is 10.1. The van der Waals surface area contributed by atoms with E-state index in [9.17, 15) is 14.0 Å². The largest absolute Gasteiger partial charge is 0.354 e. The van der Waals surface area contributed by atoms with Gasteiger partial charge in [-0.2, -0.15) is 5.10 Å². The minimum atomic E-state index is -0.330. The van der Waals surface area contributed by atoms with Gasteiger partial charge in [-0.3, -0.25) is 14.0 Å². The Balaban J connectivity index is 1.80. The molecule has 1 aromatic carbocycles. The first-order chi connectivity index (χ1) is 14.7. The zero-order valence-electron chi connectivity index (χ0n) is 17.6. The molecule has 3 aromatic heterocycles. The van der Waals surface area contributed by atoms with Gasteiger partial charge in [-0.05, 0) is 58.0 Å². The SMILES string of the molecule is Cc1nc2scc(CC(=O)NC(C)C)n2c(=O)c1-c1cc(C)n(-c2ccc(F)cc2)n1. The molecule has 0 aliphatic heterocycles. The van der Waals surface area contributed by atoms with Crippen molar-refractivity contribution in [2.75, 3.05) is 0 Å². The number of amides is 1.